The molecule has 0 bridgehead atoms. The van der Waals surface area contributed by atoms with Gasteiger partial charge in [0, 0.05) is 0 Å². The van der Waals surface area contributed by atoms with E-state index < -0.39 is 0 Å². The molecule has 2 heteroatoms. The van der Waals surface area contributed by atoms with E-state index in [0.717, 1.165) is 43.3 Å². The summed E-state index contributed by atoms with van der Waals surface area (Å²) >= 11 is 0. The van der Waals surface area contributed by atoms with E-state index in [2.05, 4.69) is 39.9 Å². The number of rotatable bonds is 10. The van der Waals surface area contributed by atoms with Gasteiger partial charge in [-0.25, -0.2) is 0 Å². The fourth-order valence-electron chi connectivity index (χ4n) is 2.08. The summed E-state index contributed by atoms with van der Waals surface area (Å²) < 4.78 is 0. The van der Waals surface area contributed by atoms with Crippen molar-refractivity contribution in [1.82, 2.24) is 5.32 Å². The molecule has 0 amide bonds. The summed E-state index contributed by atoms with van der Waals surface area (Å²) in [6, 6.07) is 0. The zero-order chi connectivity index (χ0) is 13.3. The summed E-state index contributed by atoms with van der Waals surface area (Å²) in [5.41, 5.74) is 5.66. The Kier molecular flexibility index (Phi) is 9.85. The standard InChI is InChI=1S/C15H34N2/c1-12(2)14(5)11-17-10-6-7-15(8-9-16)13(3)4/h12-15,17H,6-11,16H2,1-5H3. The third-order valence-electron chi connectivity index (χ3n) is 4.01. The quantitative estimate of drug-likeness (QED) is 0.577. The first-order valence-electron chi connectivity index (χ1n) is 7.39. The SMILES string of the molecule is CC(C)C(C)CNCCCC(CCN)C(C)C. The summed E-state index contributed by atoms with van der Waals surface area (Å²) in [6.07, 6.45) is 3.78. The van der Waals surface area contributed by atoms with E-state index in [-0.39, 0.29) is 0 Å². The van der Waals surface area contributed by atoms with Crippen LogP contribution in [0.25, 0.3) is 0 Å². The van der Waals surface area contributed by atoms with Crippen LogP contribution in [-0.4, -0.2) is 19.6 Å². The summed E-state index contributed by atoms with van der Waals surface area (Å²) in [6.45, 7) is 14.7. The molecule has 2 nitrogen and oxygen atoms in total. The van der Waals surface area contributed by atoms with Crippen LogP contribution in [0.5, 0.6) is 0 Å². The third kappa shape index (κ3) is 8.62. The van der Waals surface area contributed by atoms with Crippen molar-refractivity contribution in [3.8, 4) is 0 Å². The molecule has 0 aliphatic rings. The van der Waals surface area contributed by atoms with Crippen molar-refractivity contribution >= 4 is 0 Å². The molecule has 0 aromatic carbocycles. The minimum absolute atomic E-state index is 0.771. The third-order valence-corrected chi connectivity index (χ3v) is 4.01. The van der Waals surface area contributed by atoms with E-state index >= 15 is 0 Å². The Hall–Kier alpha value is -0.0800. The number of hydrogen-bond donors (Lipinski definition) is 2. The van der Waals surface area contributed by atoms with Crippen LogP contribution in [0.2, 0.25) is 0 Å². The highest BCUT2D eigenvalue weighted by Crippen LogP contribution is 2.19. The highest BCUT2D eigenvalue weighted by Gasteiger charge is 2.12. The molecule has 0 aliphatic heterocycles. The maximum absolute atomic E-state index is 5.66. The summed E-state index contributed by atoms with van der Waals surface area (Å²) in [4.78, 5) is 0. The second-order valence-corrected chi connectivity index (χ2v) is 6.15. The van der Waals surface area contributed by atoms with E-state index in [1.807, 2.05) is 0 Å². The van der Waals surface area contributed by atoms with Crippen LogP contribution in [0.4, 0.5) is 0 Å². The minimum atomic E-state index is 0.771. The second-order valence-electron chi connectivity index (χ2n) is 6.15. The van der Waals surface area contributed by atoms with Crippen molar-refractivity contribution in [3.63, 3.8) is 0 Å². The van der Waals surface area contributed by atoms with Gasteiger partial charge in [-0.1, -0.05) is 34.6 Å². The second kappa shape index (κ2) is 9.90. The normalized spacial score (nSPS) is 15.5. The smallest absolute Gasteiger partial charge is 0.00207 e. The van der Waals surface area contributed by atoms with Gasteiger partial charge in [0.1, 0.15) is 0 Å². The topological polar surface area (TPSA) is 38.0 Å². The van der Waals surface area contributed by atoms with Crippen LogP contribution in [0, 0.1) is 23.7 Å². The first kappa shape index (κ1) is 16.9. The average molecular weight is 242 g/mol. The van der Waals surface area contributed by atoms with Gasteiger partial charge in [-0.15, -0.1) is 0 Å². The van der Waals surface area contributed by atoms with E-state index in [9.17, 15) is 0 Å². The largest absolute Gasteiger partial charge is 0.330 e. The monoisotopic (exact) mass is 242 g/mol. The Morgan fingerprint density at radius 3 is 2.06 bits per heavy atom. The first-order valence-corrected chi connectivity index (χ1v) is 7.39. The Morgan fingerprint density at radius 2 is 1.59 bits per heavy atom. The van der Waals surface area contributed by atoms with Crippen molar-refractivity contribution in [2.24, 2.45) is 29.4 Å². The molecule has 0 heterocycles. The molecule has 0 aliphatic carbocycles. The van der Waals surface area contributed by atoms with Crippen LogP contribution >= 0.6 is 0 Å². The first-order chi connectivity index (χ1) is 7.99. The zero-order valence-corrected chi connectivity index (χ0v) is 12.6. The van der Waals surface area contributed by atoms with Gasteiger partial charge >= 0.3 is 0 Å². The van der Waals surface area contributed by atoms with Gasteiger partial charge in [0.25, 0.3) is 0 Å². The molecule has 0 spiro atoms. The molecule has 2 unspecified atom stereocenters. The Morgan fingerprint density at radius 1 is 0.941 bits per heavy atom. The van der Waals surface area contributed by atoms with E-state index in [0.29, 0.717) is 0 Å². The minimum Gasteiger partial charge on any atom is -0.330 e. The van der Waals surface area contributed by atoms with Crippen LogP contribution in [0.15, 0.2) is 0 Å². The molecular formula is C15H34N2. The Bertz CT molecular complexity index is 166. The van der Waals surface area contributed by atoms with Crippen LogP contribution < -0.4 is 11.1 Å². The highest BCUT2D eigenvalue weighted by atomic mass is 14.8. The molecule has 2 atom stereocenters. The Labute approximate surface area is 109 Å². The number of hydrogen-bond acceptors (Lipinski definition) is 2. The molecule has 3 N–H and O–H groups in total. The summed E-state index contributed by atoms with van der Waals surface area (Å²) in [7, 11) is 0. The molecule has 0 saturated carbocycles. The predicted octanol–water partition coefficient (Wildman–Crippen LogP) is 3.27. The zero-order valence-electron chi connectivity index (χ0n) is 12.6. The fourth-order valence-corrected chi connectivity index (χ4v) is 2.08. The Balaban J connectivity index is 3.55. The molecule has 0 aromatic heterocycles. The van der Waals surface area contributed by atoms with Crippen LogP contribution in [-0.2, 0) is 0 Å². The number of nitrogens with two attached hydrogens (primary N) is 1. The maximum Gasteiger partial charge on any atom is -0.00207 e. The van der Waals surface area contributed by atoms with E-state index in [1.165, 1.54) is 19.3 Å². The van der Waals surface area contributed by atoms with Crippen LogP contribution in [0.1, 0.15) is 53.9 Å². The average Bonchev–Trinajstić information content (AvgIpc) is 2.26. The highest BCUT2D eigenvalue weighted by molar-refractivity contribution is 4.66. The lowest BCUT2D eigenvalue weighted by Gasteiger charge is -2.20. The molecule has 0 saturated heterocycles. The van der Waals surface area contributed by atoms with Crippen molar-refractivity contribution in [3.05, 3.63) is 0 Å². The molecule has 17 heavy (non-hydrogen) atoms. The van der Waals surface area contributed by atoms with Crippen molar-refractivity contribution in [2.45, 2.75) is 53.9 Å². The molecule has 0 fully saturated rings. The molecule has 0 rings (SSSR count). The van der Waals surface area contributed by atoms with Gasteiger partial charge in [-0.05, 0) is 62.6 Å². The van der Waals surface area contributed by atoms with Gasteiger partial charge in [0.2, 0.25) is 0 Å². The van der Waals surface area contributed by atoms with Crippen molar-refractivity contribution < 1.29 is 0 Å². The van der Waals surface area contributed by atoms with Gasteiger partial charge in [-0.3, -0.25) is 0 Å². The summed E-state index contributed by atoms with van der Waals surface area (Å²) in [5, 5.41) is 3.57. The lowest BCUT2D eigenvalue weighted by molar-refractivity contribution is 0.326. The summed E-state index contributed by atoms with van der Waals surface area (Å²) in [5.74, 6) is 3.14. The lowest BCUT2D eigenvalue weighted by Crippen LogP contribution is -2.25. The van der Waals surface area contributed by atoms with Crippen molar-refractivity contribution in [1.29, 1.82) is 0 Å². The fraction of sp³-hybridized carbons (Fsp3) is 1.00. The predicted molar refractivity (Wildman–Crippen MR) is 78.1 cm³/mol. The van der Waals surface area contributed by atoms with Gasteiger partial charge in [0.15, 0.2) is 0 Å². The van der Waals surface area contributed by atoms with Gasteiger partial charge in [0.05, 0.1) is 0 Å². The van der Waals surface area contributed by atoms with Crippen LogP contribution in [0.3, 0.4) is 0 Å². The lowest BCUT2D eigenvalue weighted by atomic mass is 9.88. The number of nitrogens with one attached hydrogen (secondary N) is 1. The van der Waals surface area contributed by atoms with E-state index in [4.69, 9.17) is 5.73 Å². The molecule has 0 radical (unpaired) electrons. The van der Waals surface area contributed by atoms with Gasteiger partial charge in [-0.2, -0.15) is 0 Å². The van der Waals surface area contributed by atoms with Crippen molar-refractivity contribution in [2.75, 3.05) is 19.6 Å². The molecule has 0 aromatic rings. The molecular weight excluding hydrogens is 208 g/mol. The van der Waals surface area contributed by atoms with E-state index in [1.54, 1.807) is 0 Å². The maximum atomic E-state index is 5.66. The molecule has 104 valence electrons. The van der Waals surface area contributed by atoms with Gasteiger partial charge < -0.3 is 11.1 Å².